The smallest absolute Gasteiger partial charge is 0.279 e. The van der Waals surface area contributed by atoms with E-state index in [1.54, 1.807) is 12.1 Å². The molecule has 3 N–H and O–H groups in total. The fourth-order valence-corrected chi connectivity index (χ4v) is 5.98. The van der Waals surface area contributed by atoms with Gasteiger partial charge in [0, 0.05) is 10.4 Å². The summed E-state index contributed by atoms with van der Waals surface area (Å²) < 4.78 is 27.8. The van der Waals surface area contributed by atoms with Crippen molar-refractivity contribution in [2.45, 2.75) is 38.0 Å². The number of anilines is 1. The van der Waals surface area contributed by atoms with E-state index in [-0.39, 0.29) is 16.4 Å². The van der Waals surface area contributed by atoms with Crippen molar-refractivity contribution in [3.8, 4) is 0 Å². The Hall–Kier alpha value is -3.17. The summed E-state index contributed by atoms with van der Waals surface area (Å²) in [5, 5.41) is 0. The molecule has 0 aliphatic heterocycles. The van der Waals surface area contributed by atoms with Gasteiger partial charge in [-0.05, 0) is 79.6 Å². The Balaban J connectivity index is 1.37. The first-order valence-corrected chi connectivity index (χ1v) is 12.9. The van der Waals surface area contributed by atoms with Crippen LogP contribution in [0.25, 0.3) is 0 Å². The maximum Gasteiger partial charge on any atom is 0.279 e. The molecule has 0 fully saturated rings. The predicted molar refractivity (Wildman–Crippen MR) is 129 cm³/mol. The molecule has 4 rings (SSSR count). The normalized spacial score (nSPS) is 15.4. The average Bonchev–Trinajstić information content (AvgIpc) is 3.22. The van der Waals surface area contributed by atoms with Crippen molar-refractivity contribution in [1.29, 1.82) is 0 Å². The molecule has 1 aliphatic rings. The minimum absolute atomic E-state index is 0.0322. The van der Waals surface area contributed by atoms with Gasteiger partial charge in [-0.3, -0.25) is 25.2 Å². The summed E-state index contributed by atoms with van der Waals surface area (Å²) in [7, 11) is -3.80. The summed E-state index contributed by atoms with van der Waals surface area (Å²) in [5.41, 5.74) is 7.57. The standard InChI is InChI=1S/C24H25N3O4S2/c1-15-7-12-21-18(13-15)14-22(32-21)24(29)26-25-23(28)17-8-10-19(11-9-17)33(30,31)27-20-6-4-3-5-16(20)2/h3-6,8-11,14-15,27H,7,12-13H2,1-2H3,(H,25,28)(H,26,29). The number of hydrogen-bond acceptors (Lipinski definition) is 5. The number of hydrogen-bond donors (Lipinski definition) is 3. The number of benzene rings is 2. The largest absolute Gasteiger partial charge is 0.279 e. The van der Waals surface area contributed by atoms with Crippen LogP contribution in [0.3, 0.4) is 0 Å². The highest BCUT2D eigenvalue weighted by Crippen LogP contribution is 2.32. The second-order valence-electron chi connectivity index (χ2n) is 8.26. The Bertz CT molecular complexity index is 1300. The summed E-state index contributed by atoms with van der Waals surface area (Å²) in [4.78, 5) is 26.7. The van der Waals surface area contributed by atoms with E-state index in [2.05, 4.69) is 22.5 Å². The first kappa shape index (κ1) is 23.0. The Kier molecular flexibility index (Phi) is 6.53. The van der Waals surface area contributed by atoms with E-state index >= 15 is 0 Å². The van der Waals surface area contributed by atoms with Gasteiger partial charge in [-0.1, -0.05) is 25.1 Å². The van der Waals surface area contributed by atoms with E-state index in [4.69, 9.17) is 0 Å². The third-order valence-corrected chi connectivity index (χ3v) is 8.28. The van der Waals surface area contributed by atoms with Crippen LogP contribution in [0.2, 0.25) is 0 Å². The van der Waals surface area contributed by atoms with Gasteiger partial charge in [-0.2, -0.15) is 0 Å². The number of amides is 2. The van der Waals surface area contributed by atoms with Gasteiger partial charge in [0.15, 0.2) is 0 Å². The molecule has 0 bridgehead atoms. The molecule has 1 aliphatic carbocycles. The van der Waals surface area contributed by atoms with Gasteiger partial charge >= 0.3 is 0 Å². The van der Waals surface area contributed by atoms with E-state index in [9.17, 15) is 18.0 Å². The zero-order valence-electron chi connectivity index (χ0n) is 18.3. The zero-order chi connectivity index (χ0) is 23.6. The fourth-order valence-electron chi connectivity index (χ4n) is 3.74. The quantitative estimate of drug-likeness (QED) is 0.476. The van der Waals surface area contributed by atoms with Crippen molar-refractivity contribution in [3.05, 3.63) is 81.0 Å². The van der Waals surface area contributed by atoms with Crippen molar-refractivity contribution in [2.75, 3.05) is 4.72 Å². The number of carbonyl (C=O) groups is 2. The molecule has 1 atom stereocenters. The lowest BCUT2D eigenvalue weighted by Gasteiger charge is -2.16. The molecule has 0 spiro atoms. The number of nitrogens with one attached hydrogen (secondary N) is 3. The fraction of sp³-hybridized carbons (Fsp3) is 0.250. The lowest BCUT2D eigenvalue weighted by Crippen LogP contribution is -2.41. The predicted octanol–water partition coefficient (Wildman–Crippen LogP) is 4.06. The summed E-state index contributed by atoms with van der Waals surface area (Å²) in [6, 6.07) is 14.5. The van der Waals surface area contributed by atoms with Gasteiger partial charge in [-0.25, -0.2) is 8.42 Å². The highest BCUT2D eigenvalue weighted by Gasteiger charge is 2.21. The van der Waals surface area contributed by atoms with Gasteiger partial charge in [-0.15, -0.1) is 11.3 Å². The number of carbonyl (C=O) groups excluding carboxylic acids is 2. The maximum absolute atomic E-state index is 12.6. The Labute approximate surface area is 197 Å². The number of rotatable bonds is 5. The summed E-state index contributed by atoms with van der Waals surface area (Å²) in [6.07, 6.45) is 3.08. The van der Waals surface area contributed by atoms with Gasteiger partial charge in [0.2, 0.25) is 0 Å². The molecule has 0 saturated heterocycles. The van der Waals surface area contributed by atoms with Gasteiger partial charge in [0.05, 0.1) is 15.5 Å². The molecule has 3 aromatic rings. The van der Waals surface area contributed by atoms with Crippen LogP contribution >= 0.6 is 11.3 Å². The maximum atomic E-state index is 12.6. The molecule has 33 heavy (non-hydrogen) atoms. The topological polar surface area (TPSA) is 104 Å². The molecule has 1 unspecified atom stereocenters. The molecule has 2 aromatic carbocycles. The minimum Gasteiger partial charge on any atom is -0.279 e. The third kappa shape index (κ3) is 5.26. The Morgan fingerprint density at radius 3 is 2.42 bits per heavy atom. The second-order valence-corrected chi connectivity index (χ2v) is 11.1. The highest BCUT2D eigenvalue weighted by molar-refractivity contribution is 7.92. The first-order chi connectivity index (χ1) is 15.7. The Morgan fingerprint density at radius 1 is 1.00 bits per heavy atom. The van der Waals surface area contributed by atoms with Gasteiger partial charge < -0.3 is 0 Å². The Morgan fingerprint density at radius 2 is 1.70 bits per heavy atom. The van der Waals surface area contributed by atoms with Crippen LogP contribution in [0.15, 0.2) is 59.5 Å². The second kappa shape index (κ2) is 9.36. The van der Waals surface area contributed by atoms with E-state index < -0.39 is 15.9 Å². The van der Waals surface area contributed by atoms with E-state index in [1.807, 2.05) is 25.1 Å². The van der Waals surface area contributed by atoms with Crippen molar-refractivity contribution < 1.29 is 18.0 Å². The number of sulfonamides is 1. The number of para-hydroxylation sites is 1. The van der Waals surface area contributed by atoms with Crippen LogP contribution < -0.4 is 15.6 Å². The number of hydrazine groups is 1. The number of fused-ring (bicyclic) bond motifs is 1. The number of thiophene rings is 1. The molecule has 2 amide bonds. The molecule has 1 aromatic heterocycles. The molecule has 7 nitrogen and oxygen atoms in total. The monoisotopic (exact) mass is 483 g/mol. The van der Waals surface area contributed by atoms with Crippen LogP contribution in [-0.2, 0) is 22.9 Å². The third-order valence-electron chi connectivity index (χ3n) is 5.66. The van der Waals surface area contributed by atoms with E-state index in [0.717, 1.165) is 24.8 Å². The molecule has 172 valence electrons. The van der Waals surface area contributed by atoms with Crippen LogP contribution in [-0.4, -0.2) is 20.2 Å². The van der Waals surface area contributed by atoms with Crippen molar-refractivity contribution in [1.82, 2.24) is 10.9 Å². The minimum atomic E-state index is -3.80. The molecule has 0 radical (unpaired) electrons. The number of aryl methyl sites for hydroxylation is 2. The van der Waals surface area contributed by atoms with Gasteiger partial charge in [0.25, 0.3) is 21.8 Å². The van der Waals surface area contributed by atoms with E-state index in [0.29, 0.717) is 16.5 Å². The van der Waals surface area contributed by atoms with Crippen LogP contribution in [0, 0.1) is 12.8 Å². The lowest BCUT2D eigenvalue weighted by molar-refractivity contribution is 0.0849. The van der Waals surface area contributed by atoms with Crippen LogP contribution in [0.4, 0.5) is 5.69 Å². The molecular formula is C24H25N3O4S2. The zero-order valence-corrected chi connectivity index (χ0v) is 20.0. The lowest BCUT2D eigenvalue weighted by atomic mass is 9.90. The molecule has 9 heteroatoms. The SMILES string of the molecule is Cc1ccccc1NS(=O)(=O)c1ccc(C(=O)NNC(=O)c2cc3c(s2)CCC(C)C3)cc1. The first-order valence-electron chi connectivity index (χ1n) is 10.6. The van der Waals surface area contributed by atoms with Crippen LogP contribution in [0.5, 0.6) is 0 Å². The summed E-state index contributed by atoms with van der Waals surface area (Å²) >= 11 is 1.46. The van der Waals surface area contributed by atoms with Crippen molar-refractivity contribution in [2.24, 2.45) is 5.92 Å². The average molecular weight is 484 g/mol. The summed E-state index contributed by atoms with van der Waals surface area (Å²) in [5.74, 6) is -0.285. The molecule has 1 heterocycles. The highest BCUT2D eigenvalue weighted by atomic mass is 32.2. The van der Waals surface area contributed by atoms with Gasteiger partial charge in [0.1, 0.15) is 0 Å². The molecular weight excluding hydrogens is 458 g/mol. The van der Waals surface area contributed by atoms with E-state index in [1.165, 1.54) is 46.0 Å². The van der Waals surface area contributed by atoms with Crippen LogP contribution in [0.1, 0.15) is 49.4 Å². The molecule has 0 saturated carbocycles. The van der Waals surface area contributed by atoms with Crippen molar-refractivity contribution in [3.63, 3.8) is 0 Å². The summed E-state index contributed by atoms with van der Waals surface area (Å²) in [6.45, 7) is 4.02. The van der Waals surface area contributed by atoms with Crippen molar-refractivity contribution >= 4 is 38.9 Å².